The van der Waals surface area contributed by atoms with Gasteiger partial charge in [-0.15, -0.1) is 0 Å². The summed E-state index contributed by atoms with van der Waals surface area (Å²) < 4.78 is 5.84. The summed E-state index contributed by atoms with van der Waals surface area (Å²) in [6.07, 6.45) is 0. The van der Waals surface area contributed by atoms with E-state index in [9.17, 15) is 0 Å². The van der Waals surface area contributed by atoms with Crippen LogP contribution in [0.3, 0.4) is 0 Å². The largest absolute Gasteiger partial charge is 0.475 e. The maximum Gasteiger partial charge on any atom is 0.217 e. The lowest BCUT2D eigenvalue weighted by Gasteiger charge is -2.12. The maximum absolute atomic E-state index is 5.99. The van der Waals surface area contributed by atoms with Crippen LogP contribution >= 0.6 is 11.6 Å². The molecule has 1 heterocycles. The number of hydrogen-bond donors (Lipinski definition) is 0. The van der Waals surface area contributed by atoms with Crippen molar-refractivity contribution in [1.29, 1.82) is 0 Å². The third-order valence-electron chi connectivity index (χ3n) is 3.61. The molecule has 0 fully saturated rings. The van der Waals surface area contributed by atoms with Gasteiger partial charge in [0.05, 0.1) is 5.54 Å². The fraction of sp³-hybridized carbons (Fsp3) is 0.278. The van der Waals surface area contributed by atoms with E-state index in [1.54, 1.807) is 0 Å². The van der Waals surface area contributed by atoms with Crippen LogP contribution in [0.15, 0.2) is 47.5 Å². The summed E-state index contributed by atoms with van der Waals surface area (Å²) in [5, 5.41) is 0.739. The van der Waals surface area contributed by atoms with E-state index < -0.39 is 0 Å². The van der Waals surface area contributed by atoms with E-state index >= 15 is 0 Å². The smallest absolute Gasteiger partial charge is 0.217 e. The Morgan fingerprint density at radius 3 is 2.43 bits per heavy atom. The average Bonchev–Trinajstić information content (AvgIpc) is 2.79. The summed E-state index contributed by atoms with van der Waals surface area (Å²) in [5.74, 6) is 0.739. The predicted octanol–water partition coefficient (Wildman–Crippen LogP) is 4.87. The lowest BCUT2D eigenvalue weighted by molar-refractivity contribution is 0.279. The summed E-state index contributed by atoms with van der Waals surface area (Å²) in [5.41, 5.74) is 4.33. The Bertz CT molecular complexity index is 702. The molecule has 0 spiro atoms. The van der Waals surface area contributed by atoms with Crippen LogP contribution in [0.1, 0.15) is 25.0 Å². The molecule has 0 amide bonds. The first-order valence-corrected chi connectivity index (χ1v) is 7.43. The van der Waals surface area contributed by atoms with E-state index in [-0.39, 0.29) is 5.54 Å². The fourth-order valence-electron chi connectivity index (χ4n) is 2.53. The van der Waals surface area contributed by atoms with Crippen molar-refractivity contribution in [3.05, 3.63) is 58.6 Å². The third-order valence-corrected chi connectivity index (χ3v) is 3.86. The number of benzene rings is 2. The molecule has 1 aliphatic heterocycles. The Kier molecular flexibility index (Phi) is 3.50. The van der Waals surface area contributed by atoms with Crippen molar-refractivity contribution in [2.75, 3.05) is 6.61 Å². The standard InChI is InChI=1S/C18H18ClNO/c1-12-5-4-6-15(13-7-9-14(19)10-8-13)16(12)17-20-18(2,3)11-21-17/h4-10H,11H2,1-3H3. The van der Waals surface area contributed by atoms with E-state index in [1.165, 1.54) is 5.56 Å². The zero-order valence-electron chi connectivity index (χ0n) is 12.5. The molecule has 0 radical (unpaired) electrons. The molecule has 2 nitrogen and oxygen atoms in total. The quantitative estimate of drug-likeness (QED) is 0.775. The highest BCUT2D eigenvalue weighted by Crippen LogP contribution is 2.31. The second kappa shape index (κ2) is 5.19. The van der Waals surface area contributed by atoms with E-state index in [4.69, 9.17) is 21.3 Å². The maximum atomic E-state index is 5.99. The Morgan fingerprint density at radius 1 is 1.10 bits per heavy atom. The average molecular weight is 300 g/mol. The molecule has 0 N–H and O–H groups in total. The van der Waals surface area contributed by atoms with E-state index in [2.05, 4.69) is 39.0 Å². The first-order valence-electron chi connectivity index (χ1n) is 7.05. The van der Waals surface area contributed by atoms with Crippen molar-refractivity contribution in [3.63, 3.8) is 0 Å². The number of ether oxygens (including phenoxy) is 1. The van der Waals surface area contributed by atoms with Crippen LogP contribution in [0.25, 0.3) is 11.1 Å². The minimum absolute atomic E-state index is 0.158. The van der Waals surface area contributed by atoms with Crippen LogP contribution in [0, 0.1) is 6.92 Å². The first kappa shape index (κ1) is 14.2. The van der Waals surface area contributed by atoms with Gasteiger partial charge in [0.2, 0.25) is 5.90 Å². The summed E-state index contributed by atoms with van der Waals surface area (Å²) in [6, 6.07) is 14.1. The molecule has 21 heavy (non-hydrogen) atoms. The van der Waals surface area contributed by atoms with Gasteiger partial charge in [0.25, 0.3) is 0 Å². The molecule has 0 saturated heterocycles. The number of hydrogen-bond acceptors (Lipinski definition) is 2. The number of aryl methyl sites for hydroxylation is 1. The van der Waals surface area contributed by atoms with Crippen LogP contribution in [0.4, 0.5) is 0 Å². The normalized spacial score (nSPS) is 16.5. The predicted molar refractivity (Wildman–Crippen MR) is 88.2 cm³/mol. The second-order valence-electron chi connectivity index (χ2n) is 6.02. The van der Waals surface area contributed by atoms with E-state index in [0.717, 1.165) is 27.6 Å². The van der Waals surface area contributed by atoms with E-state index in [1.807, 2.05) is 24.3 Å². The van der Waals surface area contributed by atoms with Crippen molar-refractivity contribution in [2.45, 2.75) is 26.3 Å². The zero-order chi connectivity index (χ0) is 15.0. The van der Waals surface area contributed by atoms with E-state index in [0.29, 0.717) is 6.61 Å². The number of aliphatic imine (C=N–C) groups is 1. The highest BCUT2D eigenvalue weighted by molar-refractivity contribution is 6.30. The molecule has 108 valence electrons. The molecule has 1 aliphatic rings. The minimum atomic E-state index is -0.158. The molecule has 0 aliphatic carbocycles. The van der Waals surface area contributed by atoms with Gasteiger partial charge in [-0.05, 0) is 49.6 Å². The molecule has 3 rings (SSSR count). The molecule has 0 bridgehead atoms. The molecule has 0 aromatic heterocycles. The molecule has 0 atom stereocenters. The molecule has 3 heteroatoms. The summed E-state index contributed by atoms with van der Waals surface area (Å²) in [4.78, 5) is 4.72. The Hall–Kier alpha value is -1.80. The zero-order valence-corrected chi connectivity index (χ0v) is 13.2. The van der Waals surface area contributed by atoms with Crippen molar-refractivity contribution in [3.8, 4) is 11.1 Å². The van der Waals surface area contributed by atoms with Gasteiger partial charge < -0.3 is 4.74 Å². The molecule has 0 unspecified atom stereocenters. The van der Waals surface area contributed by atoms with Gasteiger partial charge in [-0.25, -0.2) is 4.99 Å². The topological polar surface area (TPSA) is 21.6 Å². The Morgan fingerprint density at radius 2 is 1.81 bits per heavy atom. The van der Waals surface area contributed by atoms with Gasteiger partial charge in [-0.3, -0.25) is 0 Å². The van der Waals surface area contributed by atoms with Gasteiger partial charge in [0.1, 0.15) is 6.61 Å². The summed E-state index contributed by atoms with van der Waals surface area (Å²) in [7, 11) is 0. The highest BCUT2D eigenvalue weighted by atomic mass is 35.5. The minimum Gasteiger partial charge on any atom is -0.475 e. The van der Waals surface area contributed by atoms with Crippen molar-refractivity contribution in [1.82, 2.24) is 0 Å². The van der Waals surface area contributed by atoms with Gasteiger partial charge in [-0.2, -0.15) is 0 Å². The number of halogens is 1. The fourth-order valence-corrected chi connectivity index (χ4v) is 2.66. The first-order chi connectivity index (χ1) is 9.96. The van der Waals surface area contributed by atoms with Crippen LogP contribution in [-0.2, 0) is 4.74 Å². The lowest BCUT2D eigenvalue weighted by Crippen LogP contribution is -2.17. The van der Waals surface area contributed by atoms with Gasteiger partial charge in [0, 0.05) is 10.6 Å². The van der Waals surface area contributed by atoms with Gasteiger partial charge >= 0.3 is 0 Å². The SMILES string of the molecule is Cc1cccc(-c2ccc(Cl)cc2)c1C1=NC(C)(C)CO1. The molecular weight excluding hydrogens is 282 g/mol. The summed E-state index contributed by atoms with van der Waals surface area (Å²) >= 11 is 5.99. The van der Waals surface area contributed by atoms with Crippen LogP contribution in [0.2, 0.25) is 5.02 Å². The van der Waals surface area contributed by atoms with Crippen molar-refractivity contribution in [2.24, 2.45) is 4.99 Å². The number of rotatable bonds is 2. The molecule has 2 aromatic carbocycles. The monoisotopic (exact) mass is 299 g/mol. The van der Waals surface area contributed by atoms with Crippen LogP contribution < -0.4 is 0 Å². The van der Waals surface area contributed by atoms with Gasteiger partial charge in [-0.1, -0.05) is 41.9 Å². The Labute approximate surface area is 130 Å². The van der Waals surface area contributed by atoms with Crippen molar-refractivity contribution >= 4 is 17.5 Å². The lowest BCUT2D eigenvalue weighted by atomic mass is 9.96. The molecular formula is C18H18ClNO. The number of nitrogens with zero attached hydrogens (tertiary/aromatic N) is 1. The molecule has 0 saturated carbocycles. The highest BCUT2D eigenvalue weighted by Gasteiger charge is 2.29. The molecule has 2 aromatic rings. The van der Waals surface area contributed by atoms with Gasteiger partial charge in [0.15, 0.2) is 0 Å². The van der Waals surface area contributed by atoms with Crippen LogP contribution in [0.5, 0.6) is 0 Å². The summed E-state index contributed by atoms with van der Waals surface area (Å²) in [6.45, 7) is 6.88. The third kappa shape index (κ3) is 2.81. The second-order valence-corrected chi connectivity index (χ2v) is 6.46. The Balaban J connectivity index is 2.15. The van der Waals surface area contributed by atoms with Crippen LogP contribution in [-0.4, -0.2) is 18.0 Å². The van der Waals surface area contributed by atoms with Crippen molar-refractivity contribution < 1.29 is 4.74 Å².